The monoisotopic (exact) mass is 287 g/mol. The van der Waals surface area contributed by atoms with E-state index in [1.165, 1.54) is 25.7 Å². The van der Waals surface area contributed by atoms with Crippen LogP contribution in [0.5, 0.6) is 0 Å². The zero-order valence-corrected chi connectivity index (χ0v) is 12.8. The second kappa shape index (κ2) is 6.61. The van der Waals surface area contributed by atoms with Gasteiger partial charge in [-0.25, -0.2) is 4.79 Å². The Balaban J connectivity index is 1.54. The van der Waals surface area contributed by atoms with Gasteiger partial charge < -0.3 is 4.74 Å². The van der Waals surface area contributed by atoms with Gasteiger partial charge in [-0.05, 0) is 37.3 Å². The summed E-state index contributed by atoms with van der Waals surface area (Å²) in [6.45, 7) is 4.35. The molecule has 3 rings (SSSR count). The van der Waals surface area contributed by atoms with Gasteiger partial charge in [-0.1, -0.05) is 38.0 Å². The maximum absolute atomic E-state index is 12.1. The summed E-state index contributed by atoms with van der Waals surface area (Å²) in [7, 11) is 0. The van der Waals surface area contributed by atoms with Crippen LogP contribution in [-0.4, -0.2) is 36.1 Å². The molecule has 1 aromatic carbocycles. The minimum absolute atomic E-state index is 0.0619. The lowest BCUT2D eigenvalue weighted by Gasteiger charge is -2.36. The number of hydrogen-bond acceptors (Lipinski definition) is 3. The zero-order chi connectivity index (χ0) is 14.7. The van der Waals surface area contributed by atoms with Crippen molar-refractivity contribution in [3.05, 3.63) is 35.9 Å². The summed E-state index contributed by atoms with van der Waals surface area (Å²) >= 11 is 0. The van der Waals surface area contributed by atoms with Crippen LogP contribution in [0.15, 0.2) is 30.3 Å². The molecule has 2 unspecified atom stereocenters. The molecule has 114 valence electrons. The Labute approximate surface area is 127 Å². The zero-order valence-electron chi connectivity index (χ0n) is 12.8. The molecule has 0 amide bonds. The minimum atomic E-state index is -0.181. The van der Waals surface area contributed by atoms with E-state index in [0.29, 0.717) is 11.6 Å². The fourth-order valence-corrected chi connectivity index (χ4v) is 3.78. The van der Waals surface area contributed by atoms with Crippen molar-refractivity contribution in [1.29, 1.82) is 0 Å². The van der Waals surface area contributed by atoms with Gasteiger partial charge in [0.2, 0.25) is 0 Å². The molecule has 3 atom stereocenters. The molecule has 1 aliphatic carbocycles. The summed E-state index contributed by atoms with van der Waals surface area (Å²) in [5, 5.41) is 0. The van der Waals surface area contributed by atoms with Gasteiger partial charge in [0.05, 0.1) is 5.56 Å². The summed E-state index contributed by atoms with van der Waals surface area (Å²) in [5.41, 5.74) is 0.655. The van der Waals surface area contributed by atoms with Crippen LogP contribution in [-0.2, 0) is 4.74 Å². The van der Waals surface area contributed by atoms with E-state index in [1.54, 1.807) is 0 Å². The van der Waals surface area contributed by atoms with Crippen LogP contribution in [0.4, 0.5) is 0 Å². The topological polar surface area (TPSA) is 29.5 Å². The van der Waals surface area contributed by atoms with Crippen molar-refractivity contribution in [3.63, 3.8) is 0 Å². The first-order valence-corrected chi connectivity index (χ1v) is 8.24. The molecular weight excluding hydrogens is 262 g/mol. The lowest BCUT2D eigenvalue weighted by atomic mass is 9.85. The van der Waals surface area contributed by atoms with Crippen molar-refractivity contribution < 1.29 is 9.53 Å². The molecule has 1 heterocycles. The number of esters is 1. The molecular formula is C18H25NO2. The molecule has 2 fully saturated rings. The molecule has 0 radical (unpaired) electrons. The Morgan fingerprint density at radius 3 is 2.67 bits per heavy atom. The average molecular weight is 287 g/mol. The Bertz CT molecular complexity index is 473. The van der Waals surface area contributed by atoms with Crippen molar-refractivity contribution in [2.75, 3.05) is 13.1 Å². The number of nitrogens with zero attached hydrogens (tertiary/aromatic N) is 1. The van der Waals surface area contributed by atoms with Gasteiger partial charge in [0.25, 0.3) is 0 Å². The molecule has 21 heavy (non-hydrogen) atoms. The lowest BCUT2D eigenvalue weighted by molar-refractivity contribution is 0.0292. The normalized spacial score (nSPS) is 30.2. The van der Waals surface area contributed by atoms with Gasteiger partial charge in [-0.3, -0.25) is 4.90 Å². The predicted octanol–water partition coefficient (Wildman–Crippen LogP) is 3.50. The smallest absolute Gasteiger partial charge is 0.338 e. The number of hydrogen-bond donors (Lipinski definition) is 0. The molecule has 0 bridgehead atoms. The molecule has 1 aliphatic heterocycles. The van der Waals surface area contributed by atoms with Gasteiger partial charge in [-0.2, -0.15) is 0 Å². The first kappa shape index (κ1) is 14.6. The highest BCUT2D eigenvalue weighted by atomic mass is 16.5. The van der Waals surface area contributed by atoms with Crippen LogP contribution in [0.3, 0.4) is 0 Å². The highest BCUT2D eigenvalue weighted by molar-refractivity contribution is 5.89. The molecule has 0 N–H and O–H groups in total. The molecule has 3 heteroatoms. The lowest BCUT2D eigenvalue weighted by Crippen LogP contribution is -2.40. The second-order valence-corrected chi connectivity index (χ2v) is 6.51. The van der Waals surface area contributed by atoms with E-state index in [0.717, 1.165) is 25.4 Å². The number of ether oxygens (including phenoxy) is 1. The van der Waals surface area contributed by atoms with E-state index in [9.17, 15) is 4.79 Å². The second-order valence-electron chi connectivity index (χ2n) is 6.51. The van der Waals surface area contributed by atoms with E-state index in [4.69, 9.17) is 4.74 Å². The van der Waals surface area contributed by atoms with Gasteiger partial charge >= 0.3 is 5.97 Å². The quantitative estimate of drug-likeness (QED) is 0.797. The molecule has 0 aromatic heterocycles. The van der Waals surface area contributed by atoms with Gasteiger partial charge in [-0.15, -0.1) is 0 Å². The van der Waals surface area contributed by atoms with Crippen LogP contribution in [0.25, 0.3) is 0 Å². The van der Waals surface area contributed by atoms with E-state index in [1.807, 2.05) is 30.3 Å². The third-order valence-electron chi connectivity index (χ3n) is 4.99. The van der Waals surface area contributed by atoms with Crippen LogP contribution < -0.4 is 0 Å². The van der Waals surface area contributed by atoms with Gasteiger partial charge in [0, 0.05) is 19.1 Å². The minimum Gasteiger partial charge on any atom is -0.457 e. The molecule has 1 saturated heterocycles. The summed E-state index contributed by atoms with van der Waals surface area (Å²) in [4.78, 5) is 14.7. The Morgan fingerprint density at radius 2 is 1.90 bits per heavy atom. The first-order chi connectivity index (χ1) is 10.2. The fraction of sp³-hybridized carbons (Fsp3) is 0.611. The number of rotatable bonds is 3. The Kier molecular flexibility index (Phi) is 4.59. The van der Waals surface area contributed by atoms with Crippen LogP contribution in [0.1, 0.15) is 49.4 Å². The SMILES string of the molecule is C[C@H]1CCCCC1N1CCC(OC(=O)c2ccccc2)C1. The molecule has 1 aromatic rings. The van der Waals surface area contributed by atoms with Crippen LogP contribution >= 0.6 is 0 Å². The Morgan fingerprint density at radius 1 is 1.14 bits per heavy atom. The average Bonchev–Trinajstić information content (AvgIpc) is 2.97. The largest absolute Gasteiger partial charge is 0.457 e. The van der Waals surface area contributed by atoms with Gasteiger partial charge in [0.1, 0.15) is 6.10 Å². The maximum atomic E-state index is 12.1. The van der Waals surface area contributed by atoms with Crippen LogP contribution in [0.2, 0.25) is 0 Å². The van der Waals surface area contributed by atoms with E-state index in [2.05, 4.69) is 11.8 Å². The molecule has 0 spiro atoms. The summed E-state index contributed by atoms with van der Waals surface area (Å²) in [6, 6.07) is 10.00. The number of likely N-dealkylation sites (tertiary alicyclic amines) is 1. The van der Waals surface area contributed by atoms with E-state index >= 15 is 0 Å². The van der Waals surface area contributed by atoms with Crippen molar-refractivity contribution in [3.8, 4) is 0 Å². The third-order valence-corrected chi connectivity index (χ3v) is 4.99. The summed E-state index contributed by atoms with van der Waals surface area (Å²) < 4.78 is 5.67. The predicted molar refractivity (Wildman–Crippen MR) is 83.3 cm³/mol. The van der Waals surface area contributed by atoms with Crippen molar-refractivity contribution in [2.45, 2.75) is 51.2 Å². The van der Waals surface area contributed by atoms with E-state index in [-0.39, 0.29) is 12.1 Å². The highest BCUT2D eigenvalue weighted by Crippen LogP contribution is 2.30. The number of carbonyl (C=O) groups excluding carboxylic acids is 1. The first-order valence-electron chi connectivity index (χ1n) is 8.24. The highest BCUT2D eigenvalue weighted by Gasteiger charge is 2.34. The van der Waals surface area contributed by atoms with E-state index < -0.39 is 0 Å². The maximum Gasteiger partial charge on any atom is 0.338 e. The third kappa shape index (κ3) is 3.46. The van der Waals surface area contributed by atoms with Crippen molar-refractivity contribution in [1.82, 2.24) is 4.90 Å². The fourth-order valence-electron chi connectivity index (χ4n) is 3.78. The van der Waals surface area contributed by atoms with Crippen molar-refractivity contribution >= 4 is 5.97 Å². The molecule has 3 nitrogen and oxygen atoms in total. The Hall–Kier alpha value is -1.35. The molecule has 1 saturated carbocycles. The van der Waals surface area contributed by atoms with Crippen LogP contribution in [0, 0.1) is 5.92 Å². The molecule has 2 aliphatic rings. The van der Waals surface area contributed by atoms with Crippen molar-refractivity contribution in [2.24, 2.45) is 5.92 Å². The number of carbonyl (C=O) groups is 1. The summed E-state index contributed by atoms with van der Waals surface area (Å²) in [6.07, 6.45) is 6.40. The number of benzene rings is 1. The van der Waals surface area contributed by atoms with Gasteiger partial charge in [0.15, 0.2) is 0 Å². The summed E-state index contributed by atoms with van der Waals surface area (Å²) in [5.74, 6) is 0.599. The standard InChI is InChI=1S/C18H25NO2/c1-14-7-5-6-10-17(14)19-12-11-16(13-19)21-18(20)15-8-3-2-4-9-15/h2-4,8-9,14,16-17H,5-7,10-13H2,1H3/t14-,16?,17?/m0/s1.